The van der Waals surface area contributed by atoms with E-state index >= 15 is 0 Å². The Hall–Kier alpha value is -1.28. The molecule has 0 fully saturated rings. The molecule has 0 aliphatic rings. The molecule has 0 heterocycles. The van der Waals surface area contributed by atoms with Crippen LogP contribution < -0.4 is 11.5 Å². The Balaban J connectivity index is 5.30. The zero-order valence-corrected chi connectivity index (χ0v) is 14.3. The summed E-state index contributed by atoms with van der Waals surface area (Å²) in [7, 11) is 0. The second-order valence-electron chi connectivity index (χ2n) is 7.47. The van der Waals surface area contributed by atoms with Gasteiger partial charge in [0.15, 0.2) is 0 Å². The predicted octanol–water partition coefficient (Wildman–Crippen LogP) is 2.30. The largest absolute Gasteiger partial charge is 0.313 e. The normalized spacial score (nSPS) is 14.7. The van der Waals surface area contributed by atoms with Crippen molar-refractivity contribution in [2.75, 3.05) is 0 Å². The van der Waals surface area contributed by atoms with Crippen LogP contribution in [0.1, 0.15) is 66.7 Å². The molecule has 22 heavy (non-hydrogen) atoms. The highest BCUT2D eigenvalue weighted by atomic mass is 16.6. The van der Waals surface area contributed by atoms with Crippen LogP contribution in [0, 0.1) is 26.1 Å². The summed E-state index contributed by atoms with van der Waals surface area (Å²) in [4.78, 5) is 21.5. The molecule has 0 spiro atoms. The highest BCUT2D eigenvalue weighted by Gasteiger charge is 2.46. The van der Waals surface area contributed by atoms with E-state index in [0.29, 0.717) is 6.42 Å². The van der Waals surface area contributed by atoms with Crippen molar-refractivity contribution in [3.63, 3.8) is 0 Å². The molecule has 0 saturated carbocycles. The monoisotopic (exact) mass is 318 g/mol. The Morgan fingerprint density at radius 2 is 1.45 bits per heavy atom. The highest BCUT2D eigenvalue weighted by Crippen LogP contribution is 2.33. The maximum absolute atomic E-state index is 11.2. The van der Waals surface area contributed by atoms with Crippen molar-refractivity contribution in [2.45, 2.75) is 83.5 Å². The highest BCUT2D eigenvalue weighted by molar-refractivity contribution is 4.93. The van der Waals surface area contributed by atoms with Gasteiger partial charge in [0.2, 0.25) is 11.1 Å². The Bertz CT molecular complexity index is 408. The van der Waals surface area contributed by atoms with E-state index in [9.17, 15) is 20.2 Å². The van der Waals surface area contributed by atoms with Crippen LogP contribution >= 0.6 is 0 Å². The zero-order valence-electron chi connectivity index (χ0n) is 14.3. The number of nitro groups is 2. The minimum Gasteiger partial charge on any atom is -0.313 e. The van der Waals surface area contributed by atoms with Gasteiger partial charge in [-0.2, -0.15) is 0 Å². The molecule has 8 nitrogen and oxygen atoms in total. The van der Waals surface area contributed by atoms with Crippen molar-refractivity contribution in [3.05, 3.63) is 20.2 Å². The molecule has 0 aliphatic carbocycles. The van der Waals surface area contributed by atoms with Crippen molar-refractivity contribution in [1.82, 2.24) is 0 Å². The summed E-state index contributed by atoms with van der Waals surface area (Å²) in [5.74, 6) is -0.355. The summed E-state index contributed by atoms with van der Waals surface area (Å²) in [6, 6.07) is 0. The van der Waals surface area contributed by atoms with Crippen molar-refractivity contribution < 1.29 is 9.85 Å². The smallest absolute Gasteiger partial charge is 0.219 e. The average molecular weight is 318 g/mol. The maximum atomic E-state index is 11.2. The molecule has 0 radical (unpaired) electrons. The minimum absolute atomic E-state index is 0.0326. The molecule has 4 N–H and O–H groups in total. The summed E-state index contributed by atoms with van der Waals surface area (Å²) >= 11 is 0. The number of hydrogen-bond acceptors (Lipinski definition) is 6. The average Bonchev–Trinajstić information content (AvgIpc) is 2.32. The van der Waals surface area contributed by atoms with E-state index in [1.165, 1.54) is 27.7 Å². The summed E-state index contributed by atoms with van der Waals surface area (Å²) in [6.45, 7) is 8.00. The lowest BCUT2D eigenvalue weighted by Crippen LogP contribution is -2.61. The van der Waals surface area contributed by atoms with Gasteiger partial charge in [0.1, 0.15) is 0 Å². The van der Waals surface area contributed by atoms with Crippen LogP contribution in [0.15, 0.2) is 0 Å². The standard InChI is InChI=1S/C14H30N4O4/c1-6-7-8-11(9-12(2,3)17(19)20)14(15,16)10-13(4,5)18(21)22/h11H,6-10,15-16H2,1-5H3. The maximum Gasteiger partial charge on any atom is 0.219 e. The topological polar surface area (TPSA) is 138 Å². The van der Waals surface area contributed by atoms with Crippen LogP contribution in [-0.4, -0.2) is 26.6 Å². The molecule has 0 amide bonds. The molecular weight excluding hydrogens is 288 g/mol. The Morgan fingerprint density at radius 1 is 1.00 bits per heavy atom. The second kappa shape index (κ2) is 7.32. The Morgan fingerprint density at radius 3 is 1.82 bits per heavy atom. The zero-order chi connectivity index (χ0) is 17.8. The summed E-state index contributed by atoms with van der Waals surface area (Å²) in [5.41, 5.74) is 8.61. The van der Waals surface area contributed by atoms with Crippen LogP contribution in [0.3, 0.4) is 0 Å². The molecule has 0 rings (SSSR count). The van der Waals surface area contributed by atoms with Gasteiger partial charge in [-0.25, -0.2) is 0 Å². The van der Waals surface area contributed by atoms with Crippen LogP contribution in [0.5, 0.6) is 0 Å². The predicted molar refractivity (Wildman–Crippen MR) is 85.5 cm³/mol. The quantitative estimate of drug-likeness (QED) is 0.360. The van der Waals surface area contributed by atoms with Crippen molar-refractivity contribution >= 4 is 0 Å². The molecule has 1 unspecified atom stereocenters. The fourth-order valence-electron chi connectivity index (χ4n) is 2.65. The molecule has 8 heteroatoms. The van der Waals surface area contributed by atoms with Crippen LogP contribution in [-0.2, 0) is 0 Å². The SMILES string of the molecule is CCCCC(CC(C)(C)[N+](=O)[O-])C(N)(N)CC(C)(C)[N+](=O)[O-]. The lowest BCUT2D eigenvalue weighted by Gasteiger charge is -2.38. The number of rotatable bonds is 10. The molecule has 0 aromatic carbocycles. The summed E-state index contributed by atoms with van der Waals surface area (Å²) < 4.78 is 0. The fraction of sp³-hybridized carbons (Fsp3) is 1.00. The lowest BCUT2D eigenvalue weighted by atomic mass is 9.75. The van der Waals surface area contributed by atoms with Gasteiger partial charge in [-0.3, -0.25) is 20.2 Å². The minimum atomic E-state index is -1.32. The molecule has 0 aromatic rings. The molecule has 1 atom stereocenters. The van der Waals surface area contributed by atoms with Gasteiger partial charge < -0.3 is 11.5 Å². The first-order valence-corrected chi connectivity index (χ1v) is 7.63. The lowest BCUT2D eigenvalue weighted by molar-refractivity contribution is -0.567. The first-order valence-electron chi connectivity index (χ1n) is 7.63. The van der Waals surface area contributed by atoms with Gasteiger partial charge >= 0.3 is 0 Å². The van der Waals surface area contributed by atoms with E-state index in [0.717, 1.165) is 12.8 Å². The van der Waals surface area contributed by atoms with E-state index < -0.39 is 21.7 Å². The van der Waals surface area contributed by atoms with E-state index in [2.05, 4.69) is 0 Å². The third-order valence-electron chi connectivity index (χ3n) is 4.14. The van der Waals surface area contributed by atoms with Gasteiger partial charge in [-0.15, -0.1) is 0 Å². The van der Waals surface area contributed by atoms with Crippen molar-refractivity contribution in [2.24, 2.45) is 17.4 Å². The van der Waals surface area contributed by atoms with E-state index in [1.807, 2.05) is 6.92 Å². The van der Waals surface area contributed by atoms with E-state index in [1.54, 1.807) is 0 Å². The van der Waals surface area contributed by atoms with E-state index in [-0.39, 0.29) is 23.7 Å². The molecule has 0 aromatic heterocycles. The summed E-state index contributed by atoms with van der Waals surface area (Å²) in [6.07, 6.45) is 2.52. The first-order chi connectivity index (χ1) is 9.76. The summed E-state index contributed by atoms with van der Waals surface area (Å²) in [5, 5.41) is 22.3. The number of unbranched alkanes of at least 4 members (excludes halogenated alkanes) is 1. The fourth-order valence-corrected chi connectivity index (χ4v) is 2.65. The molecule has 0 aliphatic heterocycles. The molecule has 130 valence electrons. The van der Waals surface area contributed by atoms with Gasteiger partial charge in [0.25, 0.3) is 0 Å². The van der Waals surface area contributed by atoms with Crippen LogP contribution in [0.4, 0.5) is 0 Å². The van der Waals surface area contributed by atoms with Gasteiger partial charge in [-0.05, 0) is 12.3 Å². The van der Waals surface area contributed by atoms with Crippen molar-refractivity contribution in [3.8, 4) is 0 Å². The van der Waals surface area contributed by atoms with Crippen LogP contribution in [0.2, 0.25) is 0 Å². The first kappa shape index (κ1) is 20.7. The number of nitrogens with zero attached hydrogens (tertiary/aromatic N) is 2. The Labute approximate surface area is 131 Å². The third-order valence-corrected chi connectivity index (χ3v) is 4.14. The second-order valence-corrected chi connectivity index (χ2v) is 7.47. The molecule has 0 saturated heterocycles. The molecular formula is C14H30N4O4. The van der Waals surface area contributed by atoms with Gasteiger partial charge in [-0.1, -0.05) is 19.8 Å². The van der Waals surface area contributed by atoms with Crippen LogP contribution in [0.25, 0.3) is 0 Å². The molecule has 0 bridgehead atoms. The van der Waals surface area contributed by atoms with Crippen molar-refractivity contribution in [1.29, 1.82) is 0 Å². The Kier molecular flexibility index (Phi) is 6.90. The third kappa shape index (κ3) is 5.84. The number of hydrogen-bond donors (Lipinski definition) is 2. The van der Waals surface area contributed by atoms with Gasteiger partial charge in [0, 0.05) is 50.4 Å². The number of nitrogens with two attached hydrogens (primary N) is 2. The van der Waals surface area contributed by atoms with Gasteiger partial charge in [0.05, 0.1) is 5.66 Å². The van der Waals surface area contributed by atoms with E-state index in [4.69, 9.17) is 11.5 Å².